The largest absolute Gasteiger partial charge is 0.393 e. The summed E-state index contributed by atoms with van der Waals surface area (Å²) in [6.45, 7) is 5.96. The normalized spacial score (nSPS) is 21.6. The fourth-order valence-corrected chi connectivity index (χ4v) is 1.26. The molecule has 0 unspecified atom stereocenters. The summed E-state index contributed by atoms with van der Waals surface area (Å²) in [6, 6.07) is 0. The molecule has 3 heteroatoms. The average molecular weight is 170 g/mol. The smallest absolute Gasteiger partial charge is 0.0575 e. The van der Waals surface area contributed by atoms with Gasteiger partial charge < -0.3 is 5.11 Å². The van der Waals surface area contributed by atoms with Crippen LogP contribution in [0.2, 0.25) is 0 Å². The third-order valence-electron chi connectivity index (χ3n) is 2.26. The minimum atomic E-state index is -0.0987. The van der Waals surface area contributed by atoms with E-state index in [2.05, 4.69) is 17.0 Å². The molecule has 12 heavy (non-hydrogen) atoms. The first-order valence-electron chi connectivity index (χ1n) is 4.69. The number of aliphatic hydroxyl groups is 1. The molecule has 0 atom stereocenters. The zero-order chi connectivity index (χ0) is 8.97. The Bertz CT molecular complexity index is 160. The summed E-state index contributed by atoms with van der Waals surface area (Å²) in [7, 11) is 0. The van der Waals surface area contributed by atoms with Gasteiger partial charge in [0.15, 0.2) is 0 Å². The lowest BCUT2D eigenvalue weighted by Crippen LogP contribution is -2.32. The lowest BCUT2D eigenvalue weighted by Gasteiger charge is -2.27. The third kappa shape index (κ3) is 2.81. The summed E-state index contributed by atoms with van der Waals surface area (Å²) in [6.07, 6.45) is 2.64. The molecule has 1 N–H and O–H groups in total. The van der Waals surface area contributed by atoms with Gasteiger partial charge in [-0.15, -0.1) is 0 Å². The van der Waals surface area contributed by atoms with Crippen molar-refractivity contribution in [3.63, 3.8) is 0 Å². The highest BCUT2D eigenvalue weighted by Gasteiger charge is 2.14. The molecule has 0 aliphatic carbocycles. The minimum absolute atomic E-state index is 0.0987. The van der Waals surface area contributed by atoms with Gasteiger partial charge in [0.05, 0.1) is 6.10 Å². The molecule has 0 aromatic heterocycles. The van der Waals surface area contributed by atoms with Gasteiger partial charge in [0, 0.05) is 18.8 Å². The SMILES string of the molecule is CC/C(C)=N/N1CCC(O)CC1. The first kappa shape index (κ1) is 9.52. The Morgan fingerprint density at radius 2 is 2.08 bits per heavy atom. The molecule has 1 aliphatic rings. The summed E-state index contributed by atoms with van der Waals surface area (Å²) in [5.74, 6) is 0. The number of nitrogens with zero attached hydrogens (tertiary/aromatic N) is 2. The molecule has 0 aromatic carbocycles. The van der Waals surface area contributed by atoms with Crippen LogP contribution in [0.25, 0.3) is 0 Å². The molecule has 0 aromatic rings. The predicted octanol–water partition coefficient (Wildman–Crippen LogP) is 1.23. The highest BCUT2D eigenvalue weighted by molar-refractivity contribution is 5.81. The van der Waals surface area contributed by atoms with Crippen molar-refractivity contribution in [3.8, 4) is 0 Å². The number of piperidine rings is 1. The van der Waals surface area contributed by atoms with E-state index >= 15 is 0 Å². The van der Waals surface area contributed by atoms with Crippen molar-refractivity contribution in [2.24, 2.45) is 5.10 Å². The van der Waals surface area contributed by atoms with Crippen LogP contribution in [-0.4, -0.2) is 35.0 Å². The van der Waals surface area contributed by atoms with Crippen LogP contribution in [0.15, 0.2) is 5.10 Å². The van der Waals surface area contributed by atoms with Gasteiger partial charge >= 0.3 is 0 Å². The summed E-state index contributed by atoms with van der Waals surface area (Å²) < 4.78 is 0. The topological polar surface area (TPSA) is 35.8 Å². The summed E-state index contributed by atoms with van der Waals surface area (Å²) in [5, 5.41) is 15.7. The van der Waals surface area contributed by atoms with Crippen molar-refractivity contribution in [1.82, 2.24) is 5.01 Å². The second-order valence-corrected chi connectivity index (χ2v) is 3.37. The number of hydrazone groups is 1. The van der Waals surface area contributed by atoms with Crippen LogP contribution in [0.3, 0.4) is 0 Å². The summed E-state index contributed by atoms with van der Waals surface area (Å²) >= 11 is 0. The minimum Gasteiger partial charge on any atom is -0.393 e. The standard InChI is InChI=1S/C9H18N2O/c1-3-8(2)10-11-6-4-9(12)5-7-11/h9,12H,3-7H2,1-2H3/b10-8+. The van der Waals surface area contributed by atoms with E-state index in [9.17, 15) is 5.11 Å². The maximum Gasteiger partial charge on any atom is 0.0575 e. The molecule has 1 rings (SSSR count). The number of hydrogen-bond donors (Lipinski definition) is 1. The molecular weight excluding hydrogens is 152 g/mol. The molecule has 0 bridgehead atoms. The highest BCUT2D eigenvalue weighted by Crippen LogP contribution is 2.10. The maximum atomic E-state index is 9.24. The molecular formula is C9H18N2O. The van der Waals surface area contributed by atoms with E-state index in [1.54, 1.807) is 0 Å². The Balaban J connectivity index is 2.35. The number of aliphatic hydroxyl groups excluding tert-OH is 1. The van der Waals surface area contributed by atoms with Crippen LogP contribution in [0.1, 0.15) is 33.1 Å². The van der Waals surface area contributed by atoms with Crippen LogP contribution in [0.4, 0.5) is 0 Å². The Hall–Kier alpha value is -0.570. The molecule has 0 amide bonds. The van der Waals surface area contributed by atoms with Gasteiger partial charge in [-0.2, -0.15) is 5.10 Å². The van der Waals surface area contributed by atoms with E-state index < -0.39 is 0 Å². The first-order valence-corrected chi connectivity index (χ1v) is 4.69. The van der Waals surface area contributed by atoms with Crippen LogP contribution in [0, 0.1) is 0 Å². The van der Waals surface area contributed by atoms with Gasteiger partial charge in [-0.05, 0) is 26.2 Å². The van der Waals surface area contributed by atoms with Gasteiger partial charge in [-0.25, -0.2) is 0 Å². The van der Waals surface area contributed by atoms with Crippen LogP contribution < -0.4 is 0 Å². The maximum absolute atomic E-state index is 9.24. The third-order valence-corrected chi connectivity index (χ3v) is 2.26. The monoisotopic (exact) mass is 170 g/mol. The molecule has 1 aliphatic heterocycles. The average Bonchev–Trinajstić information content (AvgIpc) is 2.09. The fourth-order valence-electron chi connectivity index (χ4n) is 1.26. The van der Waals surface area contributed by atoms with E-state index in [1.807, 2.05) is 6.92 Å². The molecule has 1 heterocycles. The summed E-state index contributed by atoms with van der Waals surface area (Å²) in [4.78, 5) is 0. The van der Waals surface area contributed by atoms with Crippen molar-refractivity contribution in [3.05, 3.63) is 0 Å². The molecule has 0 radical (unpaired) electrons. The van der Waals surface area contributed by atoms with E-state index in [0.29, 0.717) is 0 Å². The van der Waals surface area contributed by atoms with E-state index in [-0.39, 0.29) is 6.10 Å². The Labute approximate surface area is 74.1 Å². The lowest BCUT2D eigenvalue weighted by molar-refractivity contribution is 0.0841. The molecule has 0 saturated carbocycles. The number of hydrogen-bond acceptors (Lipinski definition) is 3. The van der Waals surface area contributed by atoms with Gasteiger partial charge in [0.1, 0.15) is 0 Å². The predicted molar refractivity (Wildman–Crippen MR) is 50.2 cm³/mol. The molecule has 0 spiro atoms. The van der Waals surface area contributed by atoms with Gasteiger partial charge in [0.2, 0.25) is 0 Å². The lowest BCUT2D eigenvalue weighted by atomic mass is 10.1. The van der Waals surface area contributed by atoms with E-state index in [0.717, 1.165) is 32.4 Å². The van der Waals surface area contributed by atoms with Gasteiger partial charge in [0.25, 0.3) is 0 Å². The van der Waals surface area contributed by atoms with Crippen molar-refractivity contribution < 1.29 is 5.11 Å². The van der Waals surface area contributed by atoms with Crippen molar-refractivity contribution in [2.45, 2.75) is 39.2 Å². The van der Waals surface area contributed by atoms with Crippen LogP contribution in [0.5, 0.6) is 0 Å². The van der Waals surface area contributed by atoms with Crippen LogP contribution in [-0.2, 0) is 0 Å². The second-order valence-electron chi connectivity index (χ2n) is 3.37. The van der Waals surface area contributed by atoms with Crippen molar-refractivity contribution in [1.29, 1.82) is 0 Å². The molecule has 70 valence electrons. The van der Waals surface area contributed by atoms with Crippen molar-refractivity contribution in [2.75, 3.05) is 13.1 Å². The Morgan fingerprint density at radius 3 is 2.58 bits per heavy atom. The highest BCUT2D eigenvalue weighted by atomic mass is 16.3. The molecule has 1 saturated heterocycles. The van der Waals surface area contributed by atoms with Crippen LogP contribution >= 0.6 is 0 Å². The summed E-state index contributed by atoms with van der Waals surface area (Å²) in [5.41, 5.74) is 1.17. The van der Waals surface area contributed by atoms with E-state index in [1.165, 1.54) is 5.71 Å². The second kappa shape index (κ2) is 4.45. The Morgan fingerprint density at radius 1 is 1.50 bits per heavy atom. The van der Waals surface area contributed by atoms with Crippen molar-refractivity contribution >= 4 is 5.71 Å². The molecule has 3 nitrogen and oxygen atoms in total. The van der Waals surface area contributed by atoms with Gasteiger partial charge in [-0.3, -0.25) is 5.01 Å². The van der Waals surface area contributed by atoms with E-state index in [4.69, 9.17) is 0 Å². The number of rotatable bonds is 2. The van der Waals surface area contributed by atoms with Gasteiger partial charge in [-0.1, -0.05) is 6.92 Å². The molecule has 1 fully saturated rings. The first-order chi connectivity index (χ1) is 5.72. The zero-order valence-electron chi connectivity index (χ0n) is 7.95. The quantitative estimate of drug-likeness (QED) is 0.633. The fraction of sp³-hybridized carbons (Fsp3) is 0.889. The zero-order valence-corrected chi connectivity index (χ0v) is 7.95. The Kier molecular flexibility index (Phi) is 3.53.